The maximum absolute atomic E-state index is 14.9. The Morgan fingerprint density at radius 3 is 2.03 bits per heavy atom. The van der Waals surface area contributed by atoms with Crippen LogP contribution in [-0.4, -0.2) is 24.2 Å². The predicted octanol–water partition coefficient (Wildman–Crippen LogP) is 7.92. The average Bonchev–Trinajstić information content (AvgIpc) is 2.78. The zero-order chi connectivity index (χ0) is 28.3. The molecular formula is C23H18Cl3F7N2O2. The minimum Gasteiger partial charge on any atom is -0.336 e. The van der Waals surface area contributed by atoms with E-state index in [1.807, 2.05) is 0 Å². The van der Waals surface area contributed by atoms with Gasteiger partial charge < -0.3 is 10.6 Å². The van der Waals surface area contributed by atoms with Crippen molar-refractivity contribution >= 4 is 52.4 Å². The van der Waals surface area contributed by atoms with E-state index in [0.717, 1.165) is 18.2 Å². The summed E-state index contributed by atoms with van der Waals surface area (Å²) in [7, 11) is 0. The summed E-state index contributed by atoms with van der Waals surface area (Å²) in [5.41, 5.74) is -3.99. The molecule has 0 fully saturated rings. The molecule has 0 bridgehead atoms. The Morgan fingerprint density at radius 1 is 0.973 bits per heavy atom. The summed E-state index contributed by atoms with van der Waals surface area (Å²) < 4.78 is 97.2. The lowest BCUT2D eigenvalue weighted by atomic mass is 9.95. The number of rotatable bonds is 7. The van der Waals surface area contributed by atoms with E-state index in [1.165, 1.54) is 13.8 Å². The molecule has 2 aromatic rings. The van der Waals surface area contributed by atoms with E-state index in [-0.39, 0.29) is 33.6 Å². The highest BCUT2D eigenvalue weighted by atomic mass is 35.5. The Labute approximate surface area is 221 Å². The van der Waals surface area contributed by atoms with Crippen molar-refractivity contribution in [1.29, 1.82) is 0 Å². The number of allylic oxidation sites excluding steroid dienone is 1. The first-order chi connectivity index (χ1) is 16.9. The van der Waals surface area contributed by atoms with Crippen molar-refractivity contribution in [3.05, 3.63) is 73.7 Å². The summed E-state index contributed by atoms with van der Waals surface area (Å²) in [4.78, 5) is 23.8. The molecule has 0 spiro atoms. The molecule has 2 N–H and O–H groups in total. The van der Waals surface area contributed by atoms with Crippen LogP contribution in [0.15, 0.2) is 36.4 Å². The van der Waals surface area contributed by atoms with Crippen LogP contribution in [0.5, 0.6) is 0 Å². The minimum atomic E-state index is -5.17. The quantitative estimate of drug-likeness (QED) is 0.195. The van der Waals surface area contributed by atoms with Gasteiger partial charge in [-0.05, 0) is 42.8 Å². The number of amides is 2. The molecule has 0 heterocycles. The van der Waals surface area contributed by atoms with Crippen molar-refractivity contribution in [2.75, 3.05) is 0 Å². The highest BCUT2D eigenvalue weighted by Gasteiger charge is 2.41. The van der Waals surface area contributed by atoms with E-state index in [9.17, 15) is 40.3 Å². The molecule has 0 radical (unpaired) electrons. The van der Waals surface area contributed by atoms with Crippen LogP contribution >= 0.6 is 34.8 Å². The van der Waals surface area contributed by atoms with E-state index in [0.29, 0.717) is 6.07 Å². The van der Waals surface area contributed by atoms with Crippen LogP contribution in [0.4, 0.5) is 30.7 Å². The van der Waals surface area contributed by atoms with Gasteiger partial charge in [-0.3, -0.25) is 9.59 Å². The number of halogens is 10. The number of nitrogens with one attached hydrogen (secondary N) is 2. The summed E-state index contributed by atoms with van der Waals surface area (Å²) in [6, 6.07) is 3.18. The molecular weight excluding hydrogens is 576 g/mol. The average molecular weight is 594 g/mol. The molecule has 0 saturated heterocycles. The van der Waals surface area contributed by atoms with Crippen molar-refractivity contribution in [3.8, 4) is 0 Å². The molecule has 2 atom stereocenters. The lowest BCUT2D eigenvalue weighted by molar-refractivity contribution is -0.140. The third-order valence-electron chi connectivity index (χ3n) is 4.92. The summed E-state index contributed by atoms with van der Waals surface area (Å²) in [5, 5.41) is 3.56. The van der Waals surface area contributed by atoms with Crippen molar-refractivity contribution in [1.82, 2.24) is 10.6 Å². The molecule has 14 heteroatoms. The van der Waals surface area contributed by atoms with Gasteiger partial charge >= 0.3 is 12.4 Å². The molecule has 0 aromatic heterocycles. The normalized spacial score (nSPS) is 14.2. The van der Waals surface area contributed by atoms with Gasteiger partial charge in [-0.25, -0.2) is 4.39 Å². The van der Waals surface area contributed by atoms with E-state index in [1.54, 1.807) is 0 Å². The first-order valence-electron chi connectivity index (χ1n) is 10.4. The Balaban J connectivity index is 2.51. The number of carbonyl (C=O) groups is 2. The summed E-state index contributed by atoms with van der Waals surface area (Å²) >= 11 is 17.3. The number of alkyl halides is 6. The smallest absolute Gasteiger partial charge is 0.336 e. The van der Waals surface area contributed by atoms with E-state index < -0.39 is 64.3 Å². The van der Waals surface area contributed by atoms with Crippen LogP contribution in [0.2, 0.25) is 15.1 Å². The van der Waals surface area contributed by atoms with Gasteiger partial charge in [0.05, 0.1) is 32.4 Å². The van der Waals surface area contributed by atoms with E-state index >= 15 is 0 Å². The van der Waals surface area contributed by atoms with Crippen LogP contribution in [0, 0.1) is 0 Å². The Hall–Kier alpha value is -2.50. The van der Waals surface area contributed by atoms with Gasteiger partial charge in [-0.1, -0.05) is 47.8 Å². The largest absolute Gasteiger partial charge is 0.417 e. The van der Waals surface area contributed by atoms with Gasteiger partial charge in [0.25, 0.3) is 5.91 Å². The Kier molecular flexibility index (Phi) is 9.89. The Morgan fingerprint density at radius 2 is 1.54 bits per heavy atom. The van der Waals surface area contributed by atoms with Crippen LogP contribution in [0.25, 0.3) is 5.83 Å². The molecule has 2 aromatic carbocycles. The van der Waals surface area contributed by atoms with Gasteiger partial charge in [0.1, 0.15) is 11.7 Å². The second-order valence-corrected chi connectivity index (χ2v) is 8.90. The molecule has 202 valence electrons. The molecule has 0 saturated carbocycles. The zero-order valence-electron chi connectivity index (χ0n) is 18.9. The first kappa shape index (κ1) is 30.7. The number of hydrogen-bond donors (Lipinski definition) is 2. The summed E-state index contributed by atoms with van der Waals surface area (Å²) in [5.74, 6) is -6.01. The van der Waals surface area contributed by atoms with Gasteiger partial charge in [0, 0.05) is 12.0 Å². The molecule has 2 rings (SSSR count). The topological polar surface area (TPSA) is 58.2 Å². The molecule has 1 unspecified atom stereocenters. The maximum atomic E-state index is 14.9. The fraction of sp³-hybridized carbons (Fsp3) is 0.304. The zero-order valence-corrected chi connectivity index (χ0v) is 21.2. The number of benzene rings is 2. The SMILES string of the molecule is CCC(=O)N[C@@H](C)NC(=O)c1ccc(/C(F)=C/C(c2cc(Cl)c(Cl)c(Cl)c2)C(F)(F)F)cc1C(F)(F)F. The maximum Gasteiger partial charge on any atom is 0.417 e. The fourth-order valence-corrected chi connectivity index (χ4v) is 3.77. The molecule has 37 heavy (non-hydrogen) atoms. The second kappa shape index (κ2) is 11.9. The third kappa shape index (κ3) is 7.99. The van der Waals surface area contributed by atoms with Gasteiger partial charge in [0.2, 0.25) is 5.91 Å². The van der Waals surface area contributed by atoms with Crippen molar-refractivity contribution < 1.29 is 40.3 Å². The lowest BCUT2D eigenvalue weighted by Gasteiger charge is -2.20. The molecule has 2 amide bonds. The second-order valence-electron chi connectivity index (χ2n) is 7.71. The molecule has 0 aliphatic rings. The standard InChI is InChI=1S/C23H18Cl3F7N2O2/c1-3-19(36)34-10(2)35-21(37)13-5-4-11(6-15(13)23(31,32)33)18(27)9-14(22(28,29)30)12-7-16(24)20(26)17(25)8-12/h4-10,14H,3H2,1-2H3,(H,34,36)(H,35,37)/b18-9-/t10-,14?/m1/s1. The van der Waals surface area contributed by atoms with Crippen LogP contribution in [0.3, 0.4) is 0 Å². The summed E-state index contributed by atoms with van der Waals surface area (Å²) in [6.45, 7) is 2.83. The van der Waals surface area contributed by atoms with Crippen molar-refractivity contribution in [2.24, 2.45) is 0 Å². The molecule has 0 aliphatic heterocycles. The molecule has 4 nitrogen and oxygen atoms in total. The van der Waals surface area contributed by atoms with Gasteiger partial charge in [-0.2, -0.15) is 26.3 Å². The molecule has 0 aliphatic carbocycles. The van der Waals surface area contributed by atoms with Gasteiger partial charge in [-0.15, -0.1) is 0 Å². The first-order valence-corrected chi connectivity index (χ1v) is 11.5. The van der Waals surface area contributed by atoms with E-state index in [2.05, 4.69) is 10.6 Å². The fourth-order valence-electron chi connectivity index (χ4n) is 3.16. The van der Waals surface area contributed by atoms with Gasteiger partial charge in [0.15, 0.2) is 0 Å². The van der Waals surface area contributed by atoms with Crippen LogP contribution < -0.4 is 10.6 Å². The minimum absolute atomic E-state index is 0.0572. The highest BCUT2D eigenvalue weighted by Crippen LogP contribution is 2.42. The highest BCUT2D eigenvalue weighted by molar-refractivity contribution is 6.48. The lowest BCUT2D eigenvalue weighted by Crippen LogP contribution is -2.46. The Bertz CT molecular complexity index is 1190. The van der Waals surface area contributed by atoms with Crippen LogP contribution in [-0.2, 0) is 11.0 Å². The van der Waals surface area contributed by atoms with Crippen molar-refractivity contribution in [2.45, 2.75) is 44.7 Å². The van der Waals surface area contributed by atoms with E-state index in [4.69, 9.17) is 34.8 Å². The van der Waals surface area contributed by atoms with Crippen LogP contribution in [0.1, 0.15) is 53.2 Å². The summed E-state index contributed by atoms with van der Waals surface area (Å²) in [6.07, 6.45) is -11.2. The third-order valence-corrected chi connectivity index (χ3v) is 6.12. The number of hydrogen-bond acceptors (Lipinski definition) is 2. The monoisotopic (exact) mass is 592 g/mol. The van der Waals surface area contributed by atoms with Crippen molar-refractivity contribution in [3.63, 3.8) is 0 Å². The predicted molar refractivity (Wildman–Crippen MR) is 126 cm³/mol. The number of carbonyl (C=O) groups excluding carboxylic acids is 2.